The van der Waals surface area contributed by atoms with E-state index in [1.165, 1.54) is 6.42 Å². The summed E-state index contributed by atoms with van der Waals surface area (Å²) in [5, 5.41) is 3.35. The zero-order chi connectivity index (χ0) is 20.7. The number of benzene rings is 2. The van der Waals surface area contributed by atoms with Crippen molar-refractivity contribution in [2.24, 2.45) is 0 Å². The van der Waals surface area contributed by atoms with Gasteiger partial charge >= 0.3 is 5.97 Å². The molecule has 2 aliphatic rings. The molecule has 0 saturated heterocycles. The smallest absolute Gasteiger partial charge is 0.338 e. The van der Waals surface area contributed by atoms with Crippen LogP contribution in [0.4, 0.5) is 5.95 Å². The van der Waals surface area contributed by atoms with Crippen molar-refractivity contribution in [1.82, 2.24) is 9.55 Å². The van der Waals surface area contributed by atoms with E-state index in [1.54, 1.807) is 0 Å². The number of halogens is 1. The van der Waals surface area contributed by atoms with Crippen LogP contribution in [0.15, 0.2) is 64.3 Å². The summed E-state index contributed by atoms with van der Waals surface area (Å²) in [4.78, 5) is 18.2. The van der Waals surface area contributed by atoms with Crippen molar-refractivity contribution in [1.29, 1.82) is 0 Å². The quantitative estimate of drug-likeness (QED) is 0.484. The van der Waals surface area contributed by atoms with Crippen LogP contribution in [0.5, 0.6) is 0 Å². The number of aromatic nitrogens is 2. The molecule has 154 valence electrons. The SMILES string of the molecule is CC1=C(C(=O)OC2CCCCC2)[C@@H](c2cccc(Br)c2)n2c(nc3ccccc32)N1. The number of nitrogens with one attached hydrogen (secondary N) is 1. The Morgan fingerprint density at radius 3 is 2.73 bits per heavy atom. The van der Waals surface area contributed by atoms with Crippen molar-refractivity contribution in [3.63, 3.8) is 0 Å². The van der Waals surface area contributed by atoms with Crippen LogP contribution in [-0.4, -0.2) is 21.6 Å². The third kappa shape index (κ3) is 3.43. The lowest BCUT2D eigenvalue weighted by molar-refractivity contribution is -0.146. The lowest BCUT2D eigenvalue weighted by Crippen LogP contribution is -2.31. The second-order valence-corrected chi connectivity index (χ2v) is 9.00. The van der Waals surface area contributed by atoms with Crippen LogP contribution in [0.2, 0.25) is 0 Å². The van der Waals surface area contributed by atoms with E-state index >= 15 is 0 Å². The lowest BCUT2D eigenvalue weighted by atomic mass is 9.94. The van der Waals surface area contributed by atoms with E-state index in [0.717, 1.165) is 58.4 Å². The predicted octanol–water partition coefficient (Wildman–Crippen LogP) is 5.96. The van der Waals surface area contributed by atoms with Gasteiger partial charge < -0.3 is 10.1 Å². The molecule has 5 rings (SSSR count). The number of ether oxygens (including phenoxy) is 1. The normalized spacial score (nSPS) is 19.5. The number of nitrogens with zero attached hydrogens (tertiary/aromatic N) is 2. The highest BCUT2D eigenvalue weighted by Gasteiger charge is 2.36. The number of carbonyl (C=O) groups excluding carboxylic acids is 1. The van der Waals surface area contributed by atoms with Gasteiger partial charge in [-0.1, -0.05) is 46.6 Å². The van der Waals surface area contributed by atoms with Gasteiger partial charge in [0.1, 0.15) is 6.10 Å². The first kappa shape index (κ1) is 19.4. The fourth-order valence-corrected chi connectivity index (χ4v) is 5.04. The Morgan fingerprint density at radius 1 is 1.13 bits per heavy atom. The molecule has 2 heterocycles. The summed E-state index contributed by atoms with van der Waals surface area (Å²) in [5.41, 5.74) is 4.35. The predicted molar refractivity (Wildman–Crippen MR) is 121 cm³/mol. The van der Waals surface area contributed by atoms with E-state index < -0.39 is 0 Å². The van der Waals surface area contributed by atoms with Gasteiger partial charge in [-0.15, -0.1) is 0 Å². The highest BCUT2D eigenvalue weighted by molar-refractivity contribution is 9.10. The maximum absolute atomic E-state index is 13.4. The molecular weight excluding hydrogens is 442 g/mol. The molecule has 0 spiro atoms. The molecule has 0 unspecified atom stereocenters. The number of rotatable bonds is 3. The van der Waals surface area contributed by atoms with Gasteiger partial charge in [-0.05, 0) is 62.4 Å². The second kappa shape index (κ2) is 7.91. The van der Waals surface area contributed by atoms with Crippen molar-refractivity contribution in [3.8, 4) is 0 Å². The minimum Gasteiger partial charge on any atom is -0.459 e. The lowest BCUT2D eigenvalue weighted by Gasteiger charge is -2.31. The van der Waals surface area contributed by atoms with Crippen molar-refractivity contribution in [2.75, 3.05) is 5.32 Å². The number of anilines is 1. The molecular formula is C24H24BrN3O2. The second-order valence-electron chi connectivity index (χ2n) is 8.08. The largest absolute Gasteiger partial charge is 0.459 e. The number of imidazole rings is 1. The molecule has 1 atom stereocenters. The molecule has 1 N–H and O–H groups in total. The van der Waals surface area contributed by atoms with E-state index in [4.69, 9.17) is 9.72 Å². The van der Waals surface area contributed by atoms with Crippen LogP contribution in [0.3, 0.4) is 0 Å². The summed E-state index contributed by atoms with van der Waals surface area (Å²) >= 11 is 3.59. The average Bonchev–Trinajstić information content (AvgIpc) is 3.11. The van der Waals surface area contributed by atoms with E-state index in [-0.39, 0.29) is 18.1 Å². The number of carbonyl (C=O) groups is 1. The Labute approximate surface area is 184 Å². The number of hydrogen-bond donors (Lipinski definition) is 1. The highest BCUT2D eigenvalue weighted by Crippen LogP contribution is 2.40. The van der Waals surface area contributed by atoms with E-state index in [9.17, 15) is 4.79 Å². The third-order valence-corrected chi connectivity index (χ3v) is 6.53. The molecule has 6 heteroatoms. The summed E-state index contributed by atoms with van der Waals surface area (Å²) in [7, 11) is 0. The standard InChI is InChI=1S/C24H24BrN3O2/c1-15-21(23(29)30-18-10-3-2-4-11-18)22(16-8-7-9-17(25)14-16)28-20-13-6-5-12-19(20)27-24(28)26-15/h5-9,12-14,18,22H,2-4,10-11H2,1H3,(H,26,27)/t22-/m1/s1. The van der Waals surface area contributed by atoms with Gasteiger partial charge in [0.2, 0.25) is 5.95 Å². The van der Waals surface area contributed by atoms with Crippen LogP contribution >= 0.6 is 15.9 Å². The van der Waals surface area contributed by atoms with Gasteiger partial charge in [0, 0.05) is 10.2 Å². The molecule has 5 nitrogen and oxygen atoms in total. The fourth-order valence-electron chi connectivity index (χ4n) is 4.62. The Hall–Kier alpha value is -2.60. The highest BCUT2D eigenvalue weighted by atomic mass is 79.9. The molecule has 0 amide bonds. The van der Waals surface area contributed by atoms with Gasteiger partial charge in [0.25, 0.3) is 0 Å². The molecule has 0 bridgehead atoms. The first-order chi connectivity index (χ1) is 14.6. The third-order valence-electron chi connectivity index (χ3n) is 6.04. The molecule has 1 aliphatic heterocycles. The van der Waals surface area contributed by atoms with Crippen LogP contribution in [0.25, 0.3) is 11.0 Å². The number of esters is 1. The van der Waals surface area contributed by atoms with Crippen molar-refractivity contribution >= 4 is 38.9 Å². The van der Waals surface area contributed by atoms with Crippen molar-refractivity contribution in [3.05, 3.63) is 69.8 Å². The summed E-state index contributed by atoms with van der Waals surface area (Å²) in [6, 6.07) is 15.8. The van der Waals surface area contributed by atoms with Crippen LogP contribution in [0.1, 0.15) is 50.6 Å². The van der Waals surface area contributed by atoms with E-state index in [1.807, 2.05) is 43.3 Å². The molecule has 1 aromatic heterocycles. The van der Waals surface area contributed by atoms with Gasteiger partial charge in [-0.25, -0.2) is 9.78 Å². The number of fused-ring (bicyclic) bond motifs is 3. The zero-order valence-corrected chi connectivity index (χ0v) is 18.5. The minimum absolute atomic E-state index is 0.00985. The van der Waals surface area contributed by atoms with Crippen molar-refractivity contribution in [2.45, 2.75) is 51.2 Å². The monoisotopic (exact) mass is 465 g/mol. The number of para-hydroxylation sites is 2. The summed E-state index contributed by atoms with van der Waals surface area (Å²) < 4.78 is 9.09. The van der Waals surface area contributed by atoms with Gasteiger partial charge in [-0.2, -0.15) is 0 Å². The number of allylic oxidation sites excluding steroid dienone is 1. The Kier molecular flexibility index (Phi) is 5.11. The van der Waals surface area contributed by atoms with E-state index in [0.29, 0.717) is 5.57 Å². The fraction of sp³-hybridized carbons (Fsp3) is 0.333. The maximum atomic E-state index is 13.4. The summed E-state index contributed by atoms with van der Waals surface area (Å²) in [6.45, 7) is 1.94. The maximum Gasteiger partial charge on any atom is 0.338 e. The average molecular weight is 466 g/mol. The Bertz CT molecular complexity index is 1140. The van der Waals surface area contributed by atoms with Gasteiger partial charge in [-0.3, -0.25) is 4.57 Å². The van der Waals surface area contributed by atoms with Crippen molar-refractivity contribution < 1.29 is 9.53 Å². The number of hydrogen-bond acceptors (Lipinski definition) is 4. The topological polar surface area (TPSA) is 56.2 Å². The first-order valence-electron chi connectivity index (χ1n) is 10.5. The molecule has 0 radical (unpaired) electrons. The van der Waals surface area contributed by atoms with E-state index in [2.05, 4.69) is 37.9 Å². The minimum atomic E-state index is -0.303. The molecule has 1 saturated carbocycles. The first-order valence-corrected chi connectivity index (χ1v) is 11.3. The Balaban J connectivity index is 1.63. The molecule has 2 aromatic carbocycles. The molecule has 1 aliphatic carbocycles. The molecule has 3 aromatic rings. The summed E-state index contributed by atoms with van der Waals surface area (Å²) in [5.74, 6) is 0.508. The van der Waals surface area contributed by atoms with Gasteiger partial charge in [0.15, 0.2) is 0 Å². The van der Waals surface area contributed by atoms with Crippen LogP contribution in [-0.2, 0) is 9.53 Å². The zero-order valence-electron chi connectivity index (χ0n) is 16.9. The Morgan fingerprint density at radius 2 is 1.93 bits per heavy atom. The van der Waals surface area contributed by atoms with Crippen LogP contribution < -0.4 is 5.32 Å². The molecule has 1 fully saturated rings. The summed E-state index contributed by atoms with van der Waals surface area (Å²) in [6.07, 6.45) is 5.39. The molecule has 30 heavy (non-hydrogen) atoms. The van der Waals surface area contributed by atoms with Gasteiger partial charge in [0.05, 0.1) is 22.6 Å². The van der Waals surface area contributed by atoms with Crippen LogP contribution in [0, 0.1) is 0 Å².